The van der Waals surface area contributed by atoms with E-state index in [0.29, 0.717) is 5.88 Å². The second kappa shape index (κ2) is 3.73. The molecule has 3 heteroatoms. The molecule has 0 unspecified atom stereocenters. The van der Waals surface area contributed by atoms with Crippen LogP contribution in [-0.4, -0.2) is 10.4 Å². The van der Waals surface area contributed by atoms with Gasteiger partial charge in [0, 0.05) is 29.5 Å². The molecule has 0 amide bonds. The summed E-state index contributed by atoms with van der Waals surface area (Å²) in [6.45, 7) is 0.778. The van der Waals surface area contributed by atoms with Crippen LogP contribution in [0.2, 0.25) is 0 Å². The Morgan fingerprint density at radius 2 is 2.21 bits per heavy atom. The molecule has 0 saturated carbocycles. The van der Waals surface area contributed by atoms with Crippen LogP contribution in [0.15, 0.2) is 30.5 Å². The van der Waals surface area contributed by atoms with Gasteiger partial charge >= 0.3 is 0 Å². The predicted octanol–water partition coefficient (Wildman–Crippen LogP) is 2.75. The lowest BCUT2D eigenvalue weighted by Crippen LogP contribution is -1.96. The van der Waals surface area contributed by atoms with Crippen molar-refractivity contribution in [3.05, 3.63) is 36.0 Å². The van der Waals surface area contributed by atoms with E-state index in [9.17, 15) is 0 Å². The molecule has 1 aromatic carbocycles. The van der Waals surface area contributed by atoms with E-state index in [2.05, 4.69) is 10.6 Å². The van der Waals surface area contributed by atoms with Gasteiger partial charge in [-0.05, 0) is 18.2 Å². The van der Waals surface area contributed by atoms with E-state index < -0.39 is 0 Å². The monoisotopic (exact) mass is 204 g/mol. The first kappa shape index (κ1) is 9.11. The molecule has 2 nitrogen and oxygen atoms in total. The number of halogens is 1. The Balaban J connectivity index is 2.65. The first-order valence-electron chi connectivity index (χ1n) is 4.40. The van der Waals surface area contributed by atoms with Crippen molar-refractivity contribution in [1.29, 1.82) is 5.26 Å². The van der Waals surface area contributed by atoms with Crippen LogP contribution in [0.5, 0.6) is 0 Å². The Labute approximate surface area is 87.3 Å². The summed E-state index contributed by atoms with van der Waals surface area (Å²) in [6.07, 6.45) is 1.97. The molecule has 0 aliphatic carbocycles. The minimum absolute atomic E-state index is 0.584. The number of rotatable bonds is 2. The molecule has 0 bridgehead atoms. The zero-order valence-electron chi connectivity index (χ0n) is 7.57. The number of alkyl halides is 1. The molecular formula is C11H9ClN2. The third kappa shape index (κ3) is 1.36. The first-order valence-corrected chi connectivity index (χ1v) is 4.94. The summed E-state index contributed by atoms with van der Waals surface area (Å²) in [4.78, 5) is 0. The fourth-order valence-corrected chi connectivity index (χ4v) is 1.79. The van der Waals surface area contributed by atoms with E-state index in [-0.39, 0.29) is 0 Å². The summed E-state index contributed by atoms with van der Waals surface area (Å²) in [6, 6.07) is 9.86. The van der Waals surface area contributed by atoms with Gasteiger partial charge in [-0.1, -0.05) is 6.07 Å². The highest BCUT2D eigenvalue weighted by atomic mass is 35.5. The van der Waals surface area contributed by atoms with Crippen molar-refractivity contribution >= 4 is 22.5 Å². The molecular weight excluding hydrogens is 196 g/mol. The van der Waals surface area contributed by atoms with Gasteiger partial charge < -0.3 is 4.57 Å². The summed E-state index contributed by atoms with van der Waals surface area (Å²) in [5.74, 6) is 0.584. The third-order valence-corrected chi connectivity index (χ3v) is 2.43. The second-order valence-corrected chi connectivity index (χ2v) is 3.43. The lowest BCUT2D eigenvalue weighted by molar-refractivity contribution is 0.804. The Morgan fingerprint density at radius 1 is 1.36 bits per heavy atom. The van der Waals surface area contributed by atoms with Crippen LogP contribution in [0.4, 0.5) is 0 Å². The highest BCUT2D eigenvalue weighted by molar-refractivity contribution is 6.17. The van der Waals surface area contributed by atoms with Gasteiger partial charge in [0.15, 0.2) is 0 Å². The highest BCUT2D eigenvalue weighted by Crippen LogP contribution is 2.19. The van der Waals surface area contributed by atoms with Crippen molar-refractivity contribution in [2.45, 2.75) is 6.54 Å². The number of hydrogen-bond donors (Lipinski definition) is 0. The molecule has 0 saturated heterocycles. The smallest absolute Gasteiger partial charge is 0.0998 e. The van der Waals surface area contributed by atoms with Crippen LogP contribution in [0.25, 0.3) is 10.9 Å². The summed E-state index contributed by atoms with van der Waals surface area (Å²) in [5, 5.41) is 9.89. The van der Waals surface area contributed by atoms with Crippen molar-refractivity contribution in [2.24, 2.45) is 0 Å². The van der Waals surface area contributed by atoms with Crippen LogP contribution < -0.4 is 0 Å². The van der Waals surface area contributed by atoms with Gasteiger partial charge in [-0.2, -0.15) is 5.26 Å². The molecule has 70 valence electrons. The van der Waals surface area contributed by atoms with Crippen molar-refractivity contribution < 1.29 is 0 Å². The number of nitrogens with zero attached hydrogens (tertiary/aromatic N) is 2. The van der Waals surface area contributed by atoms with Gasteiger partial charge in [-0.3, -0.25) is 0 Å². The minimum atomic E-state index is 0.584. The Bertz CT molecular complexity index is 493. The van der Waals surface area contributed by atoms with Gasteiger partial charge in [0.1, 0.15) is 0 Å². The van der Waals surface area contributed by atoms with E-state index in [1.54, 1.807) is 0 Å². The van der Waals surface area contributed by atoms with Gasteiger partial charge in [0.25, 0.3) is 0 Å². The lowest BCUT2D eigenvalue weighted by atomic mass is 10.1. The average Bonchev–Trinajstić information content (AvgIpc) is 2.62. The number of aryl methyl sites for hydroxylation is 1. The van der Waals surface area contributed by atoms with E-state index in [1.807, 2.05) is 30.5 Å². The first-order chi connectivity index (χ1) is 6.86. The molecule has 14 heavy (non-hydrogen) atoms. The van der Waals surface area contributed by atoms with Crippen molar-refractivity contribution in [3.8, 4) is 6.07 Å². The van der Waals surface area contributed by atoms with Crippen LogP contribution in [0.1, 0.15) is 5.56 Å². The van der Waals surface area contributed by atoms with E-state index in [1.165, 1.54) is 0 Å². The van der Waals surface area contributed by atoms with Crippen LogP contribution in [0, 0.1) is 11.3 Å². The summed E-state index contributed by atoms with van der Waals surface area (Å²) in [7, 11) is 0. The van der Waals surface area contributed by atoms with E-state index in [4.69, 9.17) is 16.9 Å². The standard InChI is InChI=1S/C11H9ClN2/c12-5-7-14-6-4-10-9(8-13)2-1-3-11(10)14/h1-4,6H,5,7H2. The fraction of sp³-hybridized carbons (Fsp3) is 0.182. The molecule has 1 heterocycles. The molecule has 0 aliphatic heterocycles. The number of hydrogen-bond acceptors (Lipinski definition) is 1. The largest absolute Gasteiger partial charge is 0.346 e. The quantitative estimate of drug-likeness (QED) is 0.692. The molecule has 0 atom stereocenters. The number of fused-ring (bicyclic) bond motifs is 1. The van der Waals surface area contributed by atoms with E-state index >= 15 is 0 Å². The predicted molar refractivity (Wildman–Crippen MR) is 57.4 cm³/mol. The maximum absolute atomic E-state index is 8.89. The summed E-state index contributed by atoms with van der Waals surface area (Å²) in [5.41, 5.74) is 1.79. The van der Waals surface area contributed by atoms with E-state index in [0.717, 1.165) is 23.0 Å². The minimum Gasteiger partial charge on any atom is -0.346 e. The SMILES string of the molecule is N#Cc1cccc2c1ccn2CCCl. The maximum atomic E-state index is 8.89. The van der Waals surface area contributed by atoms with Gasteiger partial charge in [0.2, 0.25) is 0 Å². The molecule has 0 spiro atoms. The van der Waals surface area contributed by atoms with Gasteiger partial charge in [-0.25, -0.2) is 0 Å². The topological polar surface area (TPSA) is 28.7 Å². The molecule has 1 aromatic heterocycles. The van der Waals surface area contributed by atoms with Crippen molar-refractivity contribution in [3.63, 3.8) is 0 Å². The molecule has 0 N–H and O–H groups in total. The van der Waals surface area contributed by atoms with Crippen LogP contribution >= 0.6 is 11.6 Å². The Morgan fingerprint density at radius 3 is 2.93 bits per heavy atom. The molecule has 0 fully saturated rings. The molecule has 0 radical (unpaired) electrons. The maximum Gasteiger partial charge on any atom is 0.0998 e. The Hall–Kier alpha value is -1.46. The highest BCUT2D eigenvalue weighted by Gasteiger charge is 2.03. The Kier molecular flexibility index (Phi) is 2.43. The zero-order valence-corrected chi connectivity index (χ0v) is 8.33. The lowest BCUT2D eigenvalue weighted by Gasteiger charge is -2.01. The van der Waals surface area contributed by atoms with Gasteiger partial charge in [-0.15, -0.1) is 11.6 Å². The molecule has 2 aromatic rings. The van der Waals surface area contributed by atoms with Crippen molar-refractivity contribution in [1.82, 2.24) is 4.57 Å². The summed E-state index contributed by atoms with van der Waals surface area (Å²) >= 11 is 5.68. The normalized spacial score (nSPS) is 10.3. The molecule has 2 rings (SSSR count). The zero-order chi connectivity index (χ0) is 9.97. The second-order valence-electron chi connectivity index (χ2n) is 3.05. The molecule has 0 aliphatic rings. The number of nitriles is 1. The summed E-state index contributed by atoms with van der Waals surface area (Å²) < 4.78 is 2.06. The van der Waals surface area contributed by atoms with Crippen LogP contribution in [-0.2, 0) is 6.54 Å². The number of benzene rings is 1. The van der Waals surface area contributed by atoms with Crippen LogP contribution in [0.3, 0.4) is 0 Å². The fourth-order valence-electron chi connectivity index (χ4n) is 1.61. The number of aromatic nitrogens is 1. The average molecular weight is 205 g/mol. The van der Waals surface area contributed by atoms with Gasteiger partial charge in [0.05, 0.1) is 11.6 Å². The van der Waals surface area contributed by atoms with Crippen molar-refractivity contribution in [2.75, 3.05) is 5.88 Å². The third-order valence-electron chi connectivity index (χ3n) is 2.26.